The van der Waals surface area contributed by atoms with Gasteiger partial charge in [-0.3, -0.25) is 14.6 Å². The molecule has 0 bridgehead atoms. The van der Waals surface area contributed by atoms with E-state index in [0.29, 0.717) is 48.8 Å². The first-order valence-corrected chi connectivity index (χ1v) is 12.7. The van der Waals surface area contributed by atoms with Crippen LogP contribution < -0.4 is 11.1 Å². The Hall–Kier alpha value is -4.11. The zero-order valence-corrected chi connectivity index (χ0v) is 21.1. The Bertz CT molecular complexity index is 1420. The highest BCUT2D eigenvalue weighted by Gasteiger charge is 2.30. The van der Waals surface area contributed by atoms with Gasteiger partial charge >= 0.3 is 0 Å². The van der Waals surface area contributed by atoms with Crippen LogP contribution in [-0.2, 0) is 4.79 Å². The molecule has 1 aliphatic heterocycles. The van der Waals surface area contributed by atoms with Crippen LogP contribution in [0.3, 0.4) is 0 Å². The average molecular weight is 498 g/mol. The predicted octanol–water partition coefficient (Wildman–Crippen LogP) is 3.56. The fourth-order valence-corrected chi connectivity index (χ4v) is 4.99. The van der Waals surface area contributed by atoms with Gasteiger partial charge in [0.15, 0.2) is 11.4 Å². The van der Waals surface area contributed by atoms with Gasteiger partial charge in [-0.2, -0.15) is 9.61 Å². The minimum absolute atomic E-state index is 0.0257. The largest absolute Gasteiger partial charge is 0.383 e. The molecule has 3 N–H and O–H groups in total. The van der Waals surface area contributed by atoms with Crippen LogP contribution in [-0.4, -0.2) is 62.9 Å². The summed E-state index contributed by atoms with van der Waals surface area (Å²) >= 11 is 0. The number of piperidine rings is 1. The highest BCUT2D eigenvalue weighted by atomic mass is 16.2. The van der Waals surface area contributed by atoms with E-state index in [2.05, 4.69) is 15.4 Å². The van der Waals surface area contributed by atoms with Gasteiger partial charge in [0, 0.05) is 48.3 Å². The number of pyridine rings is 1. The van der Waals surface area contributed by atoms with Gasteiger partial charge in [-0.1, -0.05) is 43.3 Å². The van der Waals surface area contributed by atoms with E-state index in [-0.39, 0.29) is 17.6 Å². The molecule has 9 nitrogen and oxygen atoms in total. The molecule has 3 aromatic heterocycles. The maximum absolute atomic E-state index is 13.0. The number of hydrogen-bond donors (Lipinski definition) is 2. The topological polar surface area (TPSA) is 119 Å². The normalized spacial score (nSPS) is 14.3. The van der Waals surface area contributed by atoms with Crippen molar-refractivity contribution in [3.05, 3.63) is 66.1 Å². The summed E-state index contributed by atoms with van der Waals surface area (Å²) in [5.74, 6) is 0.359. The molecule has 9 heteroatoms. The fraction of sp³-hybridized carbons (Fsp3) is 0.321. The second-order valence-corrected chi connectivity index (χ2v) is 9.31. The minimum atomic E-state index is -0.0541. The number of likely N-dealkylation sites (tertiary alicyclic amines) is 1. The van der Waals surface area contributed by atoms with Crippen molar-refractivity contribution in [2.24, 2.45) is 0 Å². The van der Waals surface area contributed by atoms with E-state index < -0.39 is 0 Å². The Kier molecular flexibility index (Phi) is 6.96. The smallest absolute Gasteiger partial charge is 0.236 e. The fourth-order valence-electron chi connectivity index (χ4n) is 4.99. The third kappa shape index (κ3) is 4.70. The Morgan fingerprint density at radius 1 is 1.05 bits per heavy atom. The zero-order valence-electron chi connectivity index (χ0n) is 21.1. The quantitative estimate of drug-likeness (QED) is 0.375. The van der Waals surface area contributed by atoms with Gasteiger partial charge in [0.05, 0.1) is 29.7 Å². The number of rotatable bonds is 7. The Morgan fingerprint density at radius 3 is 2.46 bits per heavy atom. The number of nitrogens with zero attached hydrogens (tertiary/aromatic N) is 5. The molecule has 190 valence electrons. The van der Waals surface area contributed by atoms with E-state index in [1.807, 2.05) is 60.5 Å². The third-order valence-electron chi connectivity index (χ3n) is 7.02. The lowest BCUT2D eigenvalue weighted by Crippen LogP contribution is -2.42. The predicted molar refractivity (Wildman–Crippen MR) is 143 cm³/mol. The lowest BCUT2D eigenvalue weighted by molar-refractivity contribution is -0.131. The van der Waals surface area contributed by atoms with Gasteiger partial charge in [-0.15, -0.1) is 0 Å². The Morgan fingerprint density at radius 2 is 1.81 bits per heavy atom. The number of anilines is 1. The van der Waals surface area contributed by atoms with Crippen molar-refractivity contribution in [3.8, 4) is 22.4 Å². The van der Waals surface area contributed by atoms with Gasteiger partial charge in [-0.25, -0.2) is 4.98 Å². The van der Waals surface area contributed by atoms with Crippen molar-refractivity contribution in [3.63, 3.8) is 0 Å². The Labute approximate surface area is 215 Å². The molecule has 1 fully saturated rings. The first-order chi connectivity index (χ1) is 18.0. The van der Waals surface area contributed by atoms with Crippen molar-refractivity contribution >= 4 is 23.2 Å². The van der Waals surface area contributed by atoms with Crippen molar-refractivity contribution in [1.29, 1.82) is 0 Å². The molecule has 37 heavy (non-hydrogen) atoms. The molecule has 1 saturated heterocycles. The highest BCUT2D eigenvalue weighted by Crippen LogP contribution is 2.35. The molecule has 1 aliphatic rings. The number of likely N-dealkylation sites (N-methyl/N-ethyl adjacent to an activating group) is 1. The maximum atomic E-state index is 13.0. The summed E-state index contributed by atoms with van der Waals surface area (Å²) in [6, 6.07) is 14.0. The Balaban J connectivity index is 1.52. The van der Waals surface area contributed by atoms with Crippen LogP contribution in [0.2, 0.25) is 0 Å². The van der Waals surface area contributed by atoms with Crippen LogP contribution in [0.1, 0.15) is 48.2 Å². The average Bonchev–Trinajstić information content (AvgIpc) is 3.38. The molecular formula is C28H31N7O2. The van der Waals surface area contributed by atoms with E-state index in [1.165, 1.54) is 0 Å². The van der Waals surface area contributed by atoms with Gasteiger partial charge in [0.25, 0.3) is 0 Å². The van der Waals surface area contributed by atoms with Crippen LogP contribution in [0.15, 0.2) is 54.9 Å². The summed E-state index contributed by atoms with van der Waals surface area (Å²) in [6.07, 6.45) is 5.30. The number of nitrogens with two attached hydrogens (primary N) is 1. The second-order valence-electron chi connectivity index (χ2n) is 9.31. The van der Waals surface area contributed by atoms with E-state index >= 15 is 0 Å². The SMILES string of the molecule is CCC(=O)c1c(C2CCN(C(=O)CNC)CC2)nc2c(-c3ccc(-c4ccccc4)nc3)cnn2c1N. The minimum Gasteiger partial charge on any atom is -0.383 e. The number of Topliss-reactive ketones (excluding diaryl/α,β-unsaturated/α-hetero) is 1. The highest BCUT2D eigenvalue weighted by molar-refractivity contribution is 6.02. The van der Waals surface area contributed by atoms with E-state index in [0.717, 1.165) is 35.2 Å². The molecule has 0 aliphatic carbocycles. The summed E-state index contributed by atoms with van der Waals surface area (Å²) in [4.78, 5) is 36.9. The van der Waals surface area contributed by atoms with Crippen molar-refractivity contribution in [2.45, 2.75) is 32.1 Å². The van der Waals surface area contributed by atoms with Gasteiger partial charge in [0.2, 0.25) is 5.91 Å². The second kappa shape index (κ2) is 10.5. The van der Waals surface area contributed by atoms with Gasteiger partial charge in [-0.05, 0) is 26.0 Å². The van der Waals surface area contributed by atoms with E-state index in [9.17, 15) is 9.59 Å². The molecule has 1 amide bonds. The first-order valence-electron chi connectivity index (χ1n) is 12.7. The molecule has 0 unspecified atom stereocenters. The summed E-state index contributed by atoms with van der Waals surface area (Å²) in [6.45, 7) is 3.38. The first kappa shape index (κ1) is 24.6. The maximum Gasteiger partial charge on any atom is 0.236 e. The number of carbonyl (C=O) groups excluding carboxylic acids is 2. The van der Waals surface area contributed by atoms with Crippen LogP contribution in [0.4, 0.5) is 5.82 Å². The molecular weight excluding hydrogens is 466 g/mol. The third-order valence-corrected chi connectivity index (χ3v) is 7.02. The molecule has 4 heterocycles. The van der Waals surface area contributed by atoms with E-state index in [4.69, 9.17) is 10.7 Å². The monoisotopic (exact) mass is 497 g/mol. The molecule has 0 spiro atoms. The number of aromatic nitrogens is 4. The zero-order chi connectivity index (χ0) is 25.9. The van der Waals surface area contributed by atoms with Crippen LogP contribution in [0, 0.1) is 0 Å². The molecule has 0 radical (unpaired) electrons. The number of benzene rings is 1. The summed E-state index contributed by atoms with van der Waals surface area (Å²) in [5, 5.41) is 7.40. The van der Waals surface area contributed by atoms with Gasteiger partial charge in [0.1, 0.15) is 5.82 Å². The number of amides is 1. The lowest BCUT2D eigenvalue weighted by atomic mass is 9.89. The van der Waals surface area contributed by atoms with Crippen molar-refractivity contribution in [1.82, 2.24) is 29.8 Å². The van der Waals surface area contributed by atoms with Crippen LogP contribution >= 0.6 is 0 Å². The molecule has 5 rings (SSSR count). The standard InChI is InChI=1S/C28H31N7O2/c1-3-23(36)25-26(19-11-13-34(14-12-19)24(37)17-30-2)33-28-21(16-32-35(28)27(25)29)20-9-10-22(31-15-20)18-7-5-4-6-8-18/h4-10,15-16,19,30H,3,11-14,17,29H2,1-2H3. The van der Waals surface area contributed by atoms with Crippen LogP contribution in [0.5, 0.6) is 0 Å². The summed E-state index contributed by atoms with van der Waals surface area (Å²) in [7, 11) is 1.77. The van der Waals surface area contributed by atoms with Gasteiger partial charge < -0.3 is 16.0 Å². The van der Waals surface area contributed by atoms with Crippen molar-refractivity contribution in [2.75, 3.05) is 32.4 Å². The number of hydrogen-bond acceptors (Lipinski definition) is 7. The summed E-state index contributed by atoms with van der Waals surface area (Å²) < 4.78 is 1.55. The van der Waals surface area contributed by atoms with Crippen LogP contribution in [0.25, 0.3) is 28.0 Å². The number of nitrogens with one attached hydrogen (secondary N) is 1. The number of carbonyl (C=O) groups is 2. The summed E-state index contributed by atoms with van der Waals surface area (Å²) in [5.41, 5.74) is 11.9. The molecule has 4 aromatic rings. The number of fused-ring (bicyclic) bond motifs is 1. The molecule has 0 atom stereocenters. The molecule has 1 aromatic carbocycles. The van der Waals surface area contributed by atoms with Crippen molar-refractivity contribution < 1.29 is 9.59 Å². The number of nitrogen functional groups attached to an aromatic ring is 1. The lowest BCUT2D eigenvalue weighted by Gasteiger charge is -2.32. The van der Waals surface area contributed by atoms with E-state index in [1.54, 1.807) is 17.8 Å². The molecule has 0 saturated carbocycles. The number of ketones is 1.